The van der Waals surface area contributed by atoms with E-state index in [2.05, 4.69) is 0 Å². The van der Waals surface area contributed by atoms with Gasteiger partial charge in [0.15, 0.2) is 11.4 Å². The van der Waals surface area contributed by atoms with Gasteiger partial charge in [-0.1, -0.05) is 36.4 Å². The van der Waals surface area contributed by atoms with E-state index >= 15 is 0 Å². The van der Waals surface area contributed by atoms with E-state index in [0.29, 0.717) is 34.7 Å². The number of ketones is 1. The second-order valence-corrected chi connectivity index (χ2v) is 7.42. The van der Waals surface area contributed by atoms with E-state index in [1.807, 2.05) is 6.92 Å². The third-order valence-electron chi connectivity index (χ3n) is 5.43. The Morgan fingerprint density at radius 3 is 2.42 bits per heavy atom. The second-order valence-electron chi connectivity index (χ2n) is 7.42. The summed E-state index contributed by atoms with van der Waals surface area (Å²) in [6.07, 6.45) is -0.412. The number of Topliss-reactive ketones (excluding diaryl/α,β-unsaturated/α-hetero) is 1. The lowest BCUT2D eigenvalue weighted by molar-refractivity contribution is -0.136. The topological polar surface area (TPSA) is 66.8 Å². The monoisotopic (exact) mass is 419 g/mol. The molecule has 158 valence electrons. The van der Waals surface area contributed by atoms with Crippen molar-refractivity contribution in [2.24, 2.45) is 0 Å². The third-order valence-corrected chi connectivity index (χ3v) is 5.43. The normalized spacial score (nSPS) is 17.5. The summed E-state index contributed by atoms with van der Waals surface area (Å²) in [5, 5.41) is 11.4. The van der Waals surface area contributed by atoms with Crippen molar-refractivity contribution in [1.82, 2.24) is 0 Å². The molecule has 0 bridgehead atoms. The van der Waals surface area contributed by atoms with Gasteiger partial charge in [-0.25, -0.2) is 4.39 Å². The summed E-state index contributed by atoms with van der Waals surface area (Å²) in [5.41, 5.74) is -0.506. The van der Waals surface area contributed by atoms with Gasteiger partial charge in [-0.2, -0.15) is 0 Å². The first-order chi connectivity index (χ1) is 14.9. The number of para-hydroxylation sites is 1. The summed E-state index contributed by atoms with van der Waals surface area (Å²) < 4.78 is 19.6. The maximum absolute atomic E-state index is 14.2. The van der Waals surface area contributed by atoms with Gasteiger partial charge in [0.1, 0.15) is 11.6 Å². The van der Waals surface area contributed by atoms with E-state index < -0.39 is 23.7 Å². The van der Waals surface area contributed by atoms with Crippen LogP contribution in [0.3, 0.4) is 0 Å². The van der Waals surface area contributed by atoms with Crippen LogP contribution in [-0.4, -0.2) is 23.4 Å². The fourth-order valence-corrected chi connectivity index (χ4v) is 3.87. The molecule has 0 aliphatic carbocycles. The molecule has 1 heterocycles. The van der Waals surface area contributed by atoms with Gasteiger partial charge >= 0.3 is 0 Å². The molecule has 1 aliphatic rings. The minimum absolute atomic E-state index is 0.0396. The minimum Gasteiger partial charge on any atom is -0.494 e. The summed E-state index contributed by atoms with van der Waals surface area (Å²) in [5.74, 6) is -0.817. The van der Waals surface area contributed by atoms with E-state index in [4.69, 9.17) is 4.74 Å². The molecule has 5 nitrogen and oxygen atoms in total. The highest BCUT2D eigenvalue weighted by Gasteiger charge is 2.50. The molecule has 1 N–H and O–H groups in total. The molecule has 0 aromatic heterocycles. The largest absolute Gasteiger partial charge is 0.494 e. The standard InChI is InChI=1S/C25H22FNO4/c1-2-31-19-13-11-17(12-14-19)23(28)15-25(30)20-8-4-6-10-22(20)27(24(25)29)16-18-7-3-5-9-21(18)26/h3-14,30H,2,15-16H2,1H3/t25-/m1/s1. The fraction of sp³-hybridized carbons (Fsp3) is 0.200. The van der Waals surface area contributed by atoms with Crippen molar-refractivity contribution in [2.45, 2.75) is 25.5 Å². The van der Waals surface area contributed by atoms with Gasteiger partial charge in [-0.3, -0.25) is 9.59 Å². The lowest BCUT2D eigenvalue weighted by Gasteiger charge is -2.23. The summed E-state index contributed by atoms with van der Waals surface area (Å²) in [4.78, 5) is 27.5. The zero-order chi connectivity index (χ0) is 22.0. The van der Waals surface area contributed by atoms with E-state index in [-0.39, 0.29) is 12.3 Å². The van der Waals surface area contributed by atoms with E-state index in [1.54, 1.807) is 66.7 Å². The average Bonchev–Trinajstić information content (AvgIpc) is 2.98. The van der Waals surface area contributed by atoms with E-state index in [0.717, 1.165) is 0 Å². The number of benzene rings is 3. The molecule has 3 aromatic rings. The fourth-order valence-electron chi connectivity index (χ4n) is 3.87. The SMILES string of the molecule is CCOc1ccc(C(=O)C[C@]2(O)C(=O)N(Cc3ccccc3F)c3ccccc32)cc1. The zero-order valence-electron chi connectivity index (χ0n) is 17.0. The summed E-state index contributed by atoms with van der Waals surface area (Å²) >= 11 is 0. The predicted molar refractivity (Wildman–Crippen MR) is 114 cm³/mol. The highest BCUT2D eigenvalue weighted by atomic mass is 19.1. The van der Waals surface area contributed by atoms with Crippen LogP contribution in [0.5, 0.6) is 5.75 Å². The van der Waals surface area contributed by atoms with E-state index in [1.165, 1.54) is 11.0 Å². The number of fused-ring (bicyclic) bond motifs is 1. The van der Waals surface area contributed by atoms with Crippen molar-refractivity contribution in [3.05, 3.63) is 95.3 Å². The van der Waals surface area contributed by atoms with Crippen LogP contribution in [0.2, 0.25) is 0 Å². The van der Waals surface area contributed by atoms with Gasteiger partial charge in [0.25, 0.3) is 5.91 Å². The maximum Gasteiger partial charge on any atom is 0.264 e. The van der Waals surface area contributed by atoms with Gasteiger partial charge in [0.05, 0.1) is 25.3 Å². The minimum atomic E-state index is -2.02. The molecule has 6 heteroatoms. The Bertz CT molecular complexity index is 1130. The van der Waals surface area contributed by atoms with Crippen LogP contribution in [0.25, 0.3) is 0 Å². The zero-order valence-corrected chi connectivity index (χ0v) is 17.0. The highest BCUT2D eigenvalue weighted by molar-refractivity contribution is 6.10. The molecule has 4 rings (SSSR count). The van der Waals surface area contributed by atoms with E-state index in [9.17, 15) is 19.1 Å². The Morgan fingerprint density at radius 2 is 1.71 bits per heavy atom. The second kappa shape index (κ2) is 8.32. The van der Waals surface area contributed by atoms with Gasteiger partial charge in [0, 0.05) is 16.7 Å². The van der Waals surface area contributed by atoms with Crippen LogP contribution in [0.4, 0.5) is 10.1 Å². The van der Waals surface area contributed by atoms with Gasteiger partial charge < -0.3 is 14.7 Å². The van der Waals surface area contributed by atoms with Crippen molar-refractivity contribution < 1.29 is 23.8 Å². The lowest BCUT2D eigenvalue weighted by atomic mass is 9.88. The van der Waals surface area contributed by atoms with Crippen LogP contribution < -0.4 is 9.64 Å². The van der Waals surface area contributed by atoms with Gasteiger partial charge in [-0.05, 0) is 43.3 Å². The van der Waals surface area contributed by atoms with Crippen LogP contribution in [0.15, 0.2) is 72.8 Å². The number of aliphatic hydroxyl groups is 1. The Hall–Kier alpha value is -3.51. The summed E-state index contributed by atoms with van der Waals surface area (Å²) in [6, 6.07) is 19.5. The number of carbonyl (C=O) groups excluding carboxylic acids is 2. The van der Waals surface area contributed by atoms with Crippen molar-refractivity contribution >= 4 is 17.4 Å². The quantitative estimate of drug-likeness (QED) is 0.582. The Kier molecular flexibility index (Phi) is 5.57. The molecule has 0 unspecified atom stereocenters. The van der Waals surface area contributed by atoms with Crippen molar-refractivity contribution in [3.8, 4) is 5.75 Å². The summed E-state index contributed by atoms with van der Waals surface area (Å²) in [7, 11) is 0. The Labute approximate surface area is 179 Å². The third kappa shape index (κ3) is 3.82. The van der Waals surface area contributed by atoms with Crippen molar-refractivity contribution in [1.29, 1.82) is 0 Å². The molecule has 0 saturated carbocycles. The predicted octanol–water partition coefficient (Wildman–Crippen LogP) is 4.23. The molecule has 0 fully saturated rings. The number of carbonyl (C=O) groups is 2. The number of anilines is 1. The highest BCUT2D eigenvalue weighted by Crippen LogP contribution is 2.43. The lowest BCUT2D eigenvalue weighted by Crippen LogP contribution is -2.41. The van der Waals surface area contributed by atoms with Gasteiger partial charge in [0.2, 0.25) is 0 Å². The number of amides is 1. The summed E-state index contributed by atoms with van der Waals surface area (Å²) in [6.45, 7) is 2.34. The number of halogens is 1. The maximum atomic E-state index is 14.2. The number of nitrogens with zero attached hydrogens (tertiary/aromatic N) is 1. The molecule has 1 atom stereocenters. The number of hydrogen-bond donors (Lipinski definition) is 1. The molecule has 1 amide bonds. The molecule has 0 saturated heterocycles. The molecule has 1 aliphatic heterocycles. The van der Waals surface area contributed by atoms with Crippen LogP contribution in [0, 0.1) is 5.82 Å². The van der Waals surface area contributed by atoms with Crippen LogP contribution in [0.1, 0.15) is 34.8 Å². The smallest absolute Gasteiger partial charge is 0.264 e. The molecule has 0 radical (unpaired) electrons. The molecular formula is C25H22FNO4. The molecule has 0 spiro atoms. The number of ether oxygens (including phenoxy) is 1. The van der Waals surface area contributed by atoms with Gasteiger partial charge in [-0.15, -0.1) is 0 Å². The molecular weight excluding hydrogens is 397 g/mol. The van der Waals surface area contributed by atoms with Crippen molar-refractivity contribution in [3.63, 3.8) is 0 Å². The Balaban J connectivity index is 1.63. The Morgan fingerprint density at radius 1 is 1.03 bits per heavy atom. The molecule has 3 aromatic carbocycles. The first-order valence-electron chi connectivity index (χ1n) is 10.1. The molecule has 31 heavy (non-hydrogen) atoms. The van der Waals surface area contributed by atoms with Crippen molar-refractivity contribution in [2.75, 3.05) is 11.5 Å². The first-order valence-corrected chi connectivity index (χ1v) is 10.1. The average molecular weight is 419 g/mol. The number of rotatable bonds is 7. The number of hydrogen-bond acceptors (Lipinski definition) is 4. The first kappa shape index (κ1) is 20.8. The van der Waals surface area contributed by atoms with Crippen LogP contribution >= 0.6 is 0 Å². The van der Waals surface area contributed by atoms with Crippen LogP contribution in [-0.2, 0) is 16.9 Å².